The summed E-state index contributed by atoms with van der Waals surface area (Å²) in [7, 11) is 0. The van der Waals surface area contributed by atoms with Gasteiger partial charge >= 0.3 is 5.97 Å². The molecule has 1 heterocycles. The number of carboxylic acids is 1. The third-order valence-corrected chi connectivity index (χ3v) is 2.14. The Hall–Kier alpha value is -1.58. The van der Waals surface area contributed by atoms with E-state index >= 15 is 0 Å². The van der Waals surface area contributed by atoms with Crippen molar-refractivity contribution in [3.8, 4) is 0 Å². The van der Waals surface area contributed by atoms with Gasteiger partial charge in [0, 0.05) is 12.2 Å². The Morgan fingerprint density at radius 3 is 3.00 bits per heavy atom. The zero-order valence-corrected chi connectivity index (χ0v) is 9.03. The topological polar surface area (TPSA) is 62.2 Å². The minimum Gasteiger partial charge on any atom is -0.478 e. The van der Waals surface area contributed by atoms with Crippen molar-refractivity contribution in [3.05, 3.63) is 23.9 Å². The Bertz CT molecular complexity index is 339. The fourth-order valence-electron chi connectivity index (χ4n) is 1.43. The highest BCUT2D eigenvalue weighted by atomic mass is 16.4. The molecule has 1 rings (SSSR count). The monoisotopic (exact) mass is 208 g/mol. The maximum Gasteiger partial charge on any atom is 0.339 e. The summed E-state index contributed by atoms with van der Waals surface area (Å²) in [6.07, 6.45) is 3.65. The number of aromatic carboxylic acids is 1. The summed E-state index contributed by atoms with van der Waals surface area (Å²) in [4.78, 5) is 14.9. The minimum absolute atomic E-state index is 0.223. The van der Waals surface area contributed by atoms with Gasteiger partial charge < -0.3 is 10.4 Å². The van der Waals surface area contributed by atoms with E-state index in [0.717, 1.165) is 12.8 Å². The minimum atomic E-state index is -0.950. The molecule has 0 bridgehead atoms. The number of aromatic nitrogens is 1. The maximum atomic E-state index is 10.9. The first kappa shape index (κ1) is 11.5. The van der Waals surface area contributed by atoms with Gasteiger partial charge in [0.05, 0.1) is 0 Å². The van der Waals surface area contributed by atoms with Crippen molar-refractivity contribution in [2.24, 2.45) is 0 Å². The van der Waals surface area contributed by atoms with E-state index in [1.807, 2.05) is 6.92 Å². The Morgan fingerprint density at radius 1 is 1.67 bits per heavy atom. The molecule has 1 unspecified atom stereocenters. The summed E-state index contributed by atoms with van der Waals surface area (Å²) in [6, 6.07) is 3.41. The zero-order chi connectivity index (χ0) is 11.3. The molecule has 1 aromatic rings. The van der Waals surface area contributed by atoms with Crippen LogP contribution in [0.15, 0.2) is 18.3 Å². The molecule has 0 aliphatic heterocycles. The molecule has 1 atom stereocenters. The van der Waals surface area contributed by atoms with Crippen LogP contribution in [0.4, 0.5) is 5.82 Å². The summed E-state index contributed by atoms with van der Waals surface area (Å²) in [6.45, 7) is 4.11. The second kappa shape index (κ2) is 5.34. The van der Waals surface area contributed by atoms with E-state index in [-0.39, 0.29) is 11.6 Å². The second-order valence-corrected chi connectivity index (χ2v) is 3.54. The molecule has 0 radical (unpaired) electrons. The predicted molar refractivity (Wildman–Crippen MR) is 59.2 cm³/mol. The molecular formula is C11H16N2O2. The van der Waals surface area contributed by atoms with E-state index in [9.17, 15) is 4.79 Å². The quantitative estimate of drug-likeness (QED) is 0.779. The first-order chi connectivity index (χ1) is 7.15. The van der Waals surface area contributed by atoms with Crippen molar-refractivity contribution in [3.63, 3.8) is 0 Å². The lowest BCUT2D eigenvalue weighted by Crippen LogP contribution is -2.18. The maximum absolute atomic E-state index is 10.9. The van der Waals surface area contributed by atoms with Gasteiger partial charge in [-0.05, 0) is 25.5 Å². The van der Waals surface area contributed by atoms with Gasteiger partial charge in [-0.1, -0.05) is 13.3 Å². The molecule has 1 aromatic heterocycles. The average Bonchev–Trinajstić information content (AvgIpc) is 2.18. The number of hydrogen-bond acceptors (Lipinski definition) is 3. The van der Waals surface area contributed by atoms with Crippen molar-refractivity contribution >= 4 is 11.8 Å². The second-order valence-electron chi connectivity index (χ2n) is 3.54. The summed E-state index contributed by atoms with van der Waals surface area (Å²) in [5.41, 5.74) is 0.223. The number of anilines is 1. The molecule has 0 aromatic carbocycles. The number of carboxylic acid groups (broad SMARTS) is 1. The Kier molecular flexibility index (Phi) is 4.09. The summed E-state index contributed by atoms with van der Waals surface area (Å²) in [5, 5.41) is 12.0. The summed E-state index contributed by atoms with van der Waals surface area (Å²) in [5.74, 6) is -0.500. The Labute approximate surface area is 89.3 Å². The van der Waals surface area contributed by atoms with Crippen LogP contribution >= 0.6 is 0 Å². The van der Waals surface area contributed by atoms with Crippen molar-refractivity contribution in [2.75, 3.05) is 5.32 Å². The number of pyridine rings is 1. The number of nitrogens with zero attached hydrogens (tertiary/aromatic N) is 1. The van der Waals surface area contributed by atoms with Crippen LogP contribution in [0.2, 0.25) is 0 Å². The fourth-order valence-corrected chi connectivity index (χ4v) is 1.43. The van der Waals surface area contributed by atoms with Gasteiger partial charge in [0.1, 0.15) is 11.4 Å². The van der Waals surface area contributed by atoms with E-state index in [0.29, 0.717) is 5.82 Å². The lowest BCUT2D eigenvalue weighted by molar-refractivity contribution is 0.0697. The molecule has 2 N–H and O–H groups in total. The van der Waals surface area contributed by atoms with E-state index < -0.39 is 5.97 Å². The van der Waals surface area contributed by atoms with Crippen LogP contribution in [0.25, 0.3) is 0 Å². The van der Waals surface area contributed by atoms with Crippen LogP contribution in [0.3, 0.4) is 0 Å². The highest BCUT2D eigenvalue weighted by molar-refractivity contribution is 5.93. The van der Waals surface area contributed by atoms with Crippen molar-refractivity contribution < 1.29 is 9.90 Å². The number of nitrogens with one attached hydrogen (secondary N) is 1. The molecule has 0 fully saturated rings. The van der Waals surface area contributed by atoms with Crippen LogP contribution in [-0.2, 0) is 0 Å². The molecule has 4 nitrogen and oxygen atoms in total. The number of hydrogen-bond donors (Lipinski definition) is 2. The smallest absolute Gasteiger partial charge is 0.339 e. The normalized spacial score (nSPS) is 12.1. The molecular weight excluding hydrogens is 192 g/mol. The SMILES string of the molecule is CCCC(C)Nc1ncccc1C(=O)O. The van der Waals surface area contributed by atoms with E-state index in [1.54, 1.807) is 18.3 Å². The van der Waals surface area contributed by atoms with Gasteiger partial charge in [0.25, 0.3) is 0 Å². The highest BCUT2D eigenvalue weighted by Gasteiger charge is 2.11. The van der Waals surface area contributed by atoms with Crippen LogP contribution in [0.1, 0.15) is 37.0 Å². The summed E-state index contributed by atoms with van der Waals surface area (Å²) >= 11 is 0. The molecule has 15 heavy (non-hydrogen) atoms. The predicted octanol–water partition coefficient (Wildman–Crippen LogP) is 2.38. The zero-order valence-electron chi connectivity index (χ0n) is 9.03. The molecule has 0 spiro atoms. The van der Waals surface area contributed by atoms with Crippen molar-refractivity contribution in [1.82, 2.24) is 4.98 Å². The molecule has 82 valence electrons. The molecule has 0 aliphatic carbocycles. The van der Waals surface area contributed by atoms with E-state index in [2.05, 4.69) is 17.2 Å². The molecule has 0 amide bonds. The summed E-state index contributed by atoms with van der Waals surface area (Å²) < 4.78 is 0. The molecule has 4 heteroatoms. The Morgan fingerprint density at radius 2 is 2.40 bits per heavy atom. The van der Waals surface area contributed by atoms with Gasteiger partial charge in [-0.15, -0.1) is 0 Å². The third-order valence-electron chi connectivity index (χ3n) is 2.14. The van der Waals surface area contributed by atoms with Crippen LogP contribution in [0, 0.1) is 0 Å². The van der Waals surface area contributed by atoms with E-state index in [1.165, 1.54) is 0 Å². The van der Waals surface area contributed by atoms with Crippen molar-refractivity contribution in [1.29, 1.82) is 0 Å². The molecule has 0 aliphatic rings. The standard InChI is InChI=1S/C11H16N2O2/c1-3-5-8(2)13-10-9(11(14)15)6-4-7-12-10/h4,6-8H,3,5H2,1-2H3,(H,12,13)(H,14,15). The first-order valence-corrected chi connectivity index (χ1v) is 5.10. The highest BCUT2D eigenvalue weighted by Crippen LogP contribution is 2.13. The van der Waals surface area contributed by atoms with Crippen LogP contribution in [0.5, 0.6) is 0 Å². The fraction of sp³-hybridized carbons (Fsp3) is 0.455. The van der Waals surface area contributed by atoms with Crippen LogP contribution in [-0.4, -0.2) is 22.1 Å². The first-order valence-electron chi connectivity index (χ1n) is 5.10. The van der Waals surface area contributed by atoms with Crippen molar-refractivity contribution in [2.45, 2.75) is 32.7 Å². The average molecular weight is 208 g/mol. The van der Waals surface area contributed by atoms with Crippen LogP contribution < -0.4 is 5.32 Å². The number of rotatable bonds is 5. The third kappa shape index (κ3) is 3.23. The lowest BCUT2D eigenvalue weighted by Gasteiger charge is -2.14. The molecule has 0 saturated carbocycles. The van der Waals surface area contributed by atoms with Gasteiger partial charge in [0.2, 0.25) is 0 Å². The van der Waals surface area contributed by atoms with Gasteiger partial charge in [-0.3, -0.25) is 0 Å². The van der Waals surface area contributed by atoms with Gasteiger partial charge in [0.15, 0.2) is 0 Å². The van der Waals surface area contributed by atoms with E-state index in [4.69, 9.17) is 5.11 Å². The van der Waals surface area contributed by atoms with Gasteiger partial charge in [-0.2, -0.15) is 0 Å². The lowest BCUT2D eigenvalue weighted by atomic mass is 10.2. The Balaban J connectivity index is 2.79. The van der Waals surface area contributed by atoms with Gasteiger partial charge in [-0.25, -0.2) is 9.78 Å². The molecule has 0 saturated heterocycles. The number of carbonyl (C=O) groups is 1. The largest absolute Gasteiger partial charge is 0.478 e.